The predicted molar refractivity (Wildman–Crippen MR) is 66.9 cm³/mol. The standard InChI is InChI=1S/C11H23NO3S/c1-13-7-9-10(14-2)6-5-8(12-9)11(15-3)16-4/h8-12H,5-7H2,1-4H3/t8?,9-,10+,11?/m1/s1. The van der Waals surface area contributed by atoms with E-state index in [1.165, 1.54) is 0 Å². The lowest BCUT2D eigenvalue weighted by atomic mass is 9.96. The van der Waals surface area contributed by atoms with E-state index in [1.807, 2.05) is 0 Å². The summed E-state index contributed by atoms with van der Waals surface area (Å²) in [5.41, 5.74) is 0.206. The topological polar surface area (TPSA) is 39.7 Å². The van der Waals surface area contributed by atoms with Gasteiger partial charge in [0.15, 0.2) is 0 Å². The normalized spacial score (nSPS) is 32.6. The molecule has 5 heteroatoms. The van der Waals surface area contributed by atoms with Gasteiger partial charge in [0.05, 0.1) is 18.8 Å². The van der Waals surface area contributed by atoms with Gasteiger partial charge < -0.3 is 19.5 Å². The van der Waals surface area contributed by atoms with Crippen LogP contribution in [-0.2, 0) is 14.2 Å². The fourth-order valence-electron chi connectivity index (χ4n) is 2.27. The molecule has 1 fully saturated rings. The molecule has 0 amide bonds. The van der Waals surface area contributed by atoms with Gasteiger partial charge in [0.25, 0.3) is 0 Å². The van der Waals surface area contributed by atoms with E-state index in [0.717, 1.165) is 12.8 Å². The van der Waals surface area contributed by atoms with Crippen LogP contribution in [0.1, 0.15) is 12.8 Å². The third-order valence-corrected chi connectivity index (χ3v) is 4.07. The number of hydrogen-bond acceptors (Lipinski definition) is 5. The molecule has 1 aliphatic heterocycles. The van der Waals surface area contributed by atoms with Crippen LogP contribution >= 0.6 is 11.8 Å². The van der Waals surface area contributed by atoms with Gasteiger partial charge in [-0.2, -0.15) is 0 Å². The van der Waals surface area contributed by atoms with Crippen molar-refractivity contribution in [1.82, 2.24) is 5.32 Å². The first-order valence-electron chi connectivity index (χ1n) is 5.60. The molecular weight excluding hydrogens is 226 g/mol. The Morgan fingerprint density at radius 2 is 2.06 bits per heavy atom. The van der Waals surface area contributed by atoms with E-state index in [2.05, 4.69) is 11.6 Å². The molecule has 0 aliphatic carbocycles. The predicted octanol–water partition coefficient (Wildman–Crippen LogP) is 1.10. The molecule has 1 rings (SSSR count). The molecule has 4 atom stereocenters. The first-order valence-corrected chi connectivity index (χ1v) is 6.89. The first kappa shape index (κ1) is 14.3. The van der Waals surface area contributed by atoms with Crippen LogP contribution in [0.4, 0.5) is 0 Å². The Morgan fingerprint density at radius 3 is 2.56 bits per heavy atom. The van der Waals surface area contributed by atoms with Gasteiger partial charge in [-0.05, 0) is 19.1 Å². The van der Waals surface area contributed by atoms with Crippen LogP contribution in [0, 0.1) is 0 Å². The Hall–Kier alpha value is 0.190. The number of hydrogen-bond donors (Lipinski definition) is 1. The highest BCUT2D eigenvalue weighted by Crippen LogP contribution is 2.23. The van der Waals surface area contributed by atoms with Crippen molar-refractivity contribution in [3.8, 4) is 0 Å². The van der Waals surface area contributed by atoms with Crippen LogP contribution in [-0.4, -0.2) is 57.8 Å². The van der Waals surface area contributed by atoms with Crippen molar-refractivity contribution in [1.29, 1.82) is 0 Å². The van der Waals surface area contributed by atoms with Gasteiger partial charge >= 0.3 is 0 Å². The molecule has 0 aromatic carbocycles. The molecule has 0 saturated carbocycles. The Kier molecular flexibility index (Phi) is 6.68. The van der Waals surface area contributed by atoms with Crippen LogP contribution in [0.15, 0.2) is 0 Å². The van der Waals surface area contributed by atoms with Crippen LogP contribution in [0.5, 0.6) is 0 Å². The van der Waals surface area contributed by atoms with E-state index in [-0.39, 0.29) is 17.6 Å². The molecule has 16 heavy (non-hydrogen) atoms. The van der Waals surface area contributed by atoms with Gasteiger partial charge in [0.2, 0.25) is 0 Å². The molecule has 1 N–H and O–H groups in total. The van der Waals surface area contributed by atoms with Crippen LogP contribution in [0.2, 0.25) is 0 Å². The Labute approximate surface area is 102 Å². The monoisotopic (exact) mass is 249 g/mol. The van der Waals surface area contributed by atoms with E-state index < -0.39 is 0 Å². The maximum atomic E-state index is 5.46. The van der Waals surface area contributed by atoms with E-state index in [9.17, 15) is 0 Å². The van der Waals surface area contributed by atoms with Crippen molar-refractivity contribution in [3.63, 3.8) is 0 Å². The molecule has 1 saturated heterocycles. The summed E-state index contributed by atoms with van der Waals surface area (Å²) >= 11 is 1.74. The lowest BCUT2D eigenvalue weighted by Gasteiger charge is -2.38. The third kappa shape index (κ3) is 3.60. The Morgan fingerprint density at radius 1 is 1.31 bits per heavy atom. The van der Waals surface area contributed by atoms with Gasteiger partial charge in [-0.3, -0.25) is 0 Å². The summed E-state index contributed by atoms with van der Waals surface area (Å²) in [7, 11) is 5.24. The van der Waals surface area contributed by atoms with Crippen LogP contribution in [0.3, 0.4) is 0 Å². The minimum absolute atomic E-state index is 0.206. The molecule has 1 aliphatic rings. The second-order valence-electron chi connectivity index (χ2n) is 4.03. The minimum atomic E-state index is 0.206. The molecular formula is C11H23NO3S. The van der Waals surface area contributed by atoms with E-state index in [0.29, 0.717) is 12.6 Å². The zero-order valence-electron chi connectivity index (χ0n) is 10.6. The number of methoxy groups -OCH3 is 3. The molecule has 0 aromatic rings. The Bertz CT molecular complexity index is 183. The number of rotatable bonds is 6. The highest BCUT2D eigenvalue weighted by molar-refractivity contribution is 7.99. The first-order chi connectivity index (χ1) is 7.76. The molecule has 2 unspecified atom stereocenters. The average Bonchev–Trinajstić information content (AvgIpc) is 2.31. The van der Waals surface area contributed by atoms with Crippen LogP contribution in [0.25, 0.3) is 0 Å². The van der Waals surface area contributed by atoms with E-state index in [4.69, 9.17) is 14.2 Å². The summed E-state index contributed by atoms with van der Waals surface area (Å²) in [5.74, 6) is 0. The highest BCUT2D eigenvalue weighted by atomic mass is 32.2. The van der Waals surface area contributed by atoms with Gasteiger partial charge in [0.1, 0.15) is 5.44 Å². The fraction of sp³-hybridized carbons (Fsp3) is 1.00. The summed E-state index contributed by atoms with van der Waals surface area (Å²) in [6, 6.07) is 0.644. The third-order valence-electron chi connectivity index (χ3n) is 3.08. The van der Waals surface area contributed by atoms with E-state index in [1.54, 1.807) is 33.1 Å². The quantitative estimate of drug-likeness (QED) is 0.714. The SMILES string of the molecule is COC[C@H]1NC(C(OC)SC)CC[C@@H]1OC. The lowest BCUT2D eigenvalue weighted by molar-refractivity contribution is -0.00881. The Balaban J connectivity index is 2.53. The summed E-state index contributed by atoms with van der Waals surface area (Å²) in [6.45, 7) is 0.680. The van der Waals surface area contributed by atoms with Crippen molar-refractivity contribution in [3.05, 3.63) is 0 Å². The van der Waals surface area contributed by atoms with E-state index >= 15 is 0 Å². The molecule has 0 radical (unpaired) electrons. The summed E-state index contributed by atoms with van der Waals surface area (Å²) < 4.78 is 16.1. The number of piperidine rings is 1. The summed E-state index contributed by atoms with van der Waals surface area (Å²) in [6.07, 6.45) is 4.46. The zero-order valence-corrected chi connectivity index (χ0v) is 11.4. The maximum absolute atomic E-state index is 5.46. The van der Waals surface area contributed by atoms with Crippen molar-refractivity contribution >= 4 is 11.8 Å². The van der Waals surface area contributed by atoms with Crippen molar-refractivity contribution in [2.75, 3.05) is 34.2 Å². The summed E-state index contributed by atoms with van der Waals surface area (Å²) in [4.78, 5) is 0. The largest absolute Gasteiger partial charge is 0.383 e. The van der Waals surface area contributed by atoms with Crippen LogP contribution < -0.4 is 5.32 Å². The maximum Gasteiger partial charge on any atom is 0.117 e. The summed E-state index contributed by atoms with van der Waals surface area (Å²) in [5, 5.41) is 3.56. The van der Waals surface area contributed by atoms with Crippen molar-refractivity contribution < 1.29 is 14.2 Å². The number of ether oxygens (including phenoxy) is 3. The highest BCUT2D eigenvalue weighted by Gasteiger charge is 2.33. The molecule has 1 heterocycles. The molecule has 4 nitrogen and oxygen atoms in total. The minimum Gasteiger partial charge on any atom is -0.383 e. The van der Waals surface area contributed by atoms with Gasteiger partial charge in [-0.15, -0.1) is 11.8 Å². The number of nitrogens with one attached hydrogen (secondary N) is 1. The molecule has 0 bridgehead atoms. The smallest absolute Gasteiger partial charge is 0.117 e. The average molecular weight is 249 g/mol. The zero-order chi connectivity index (χ0) is 12.0. The van der Waals surface area contributed by atoms with Crippen molar-refractivity contribution in [2.24, 2.45) is 0 Å². The molecule has 96 valence electrons. The fourth-order valence-corrected chi connectivity index (χ4v) is 3.00. The van der Waals surface area contributed by atoms with Gasteiger partial charge in [-0.1, -0.05) is 0 Å². The second-order valence-corrected chi connectivity index (χ2v) is 4.96. The molecule has 0 aromatic heterocycles. The second kappa shape index (κ2) is 7.50. The molecule has 0 spiro atoms. The lowest BCUT2D eigenvalue weighted by Crippen LogP contribution is -2.56. The van der Waals surface area contributed by atoms with Crippen molar-refractivity contribution in [2.45, 2.75) is 36.5 Å². The van der Waals surface area contributed by atoms with Gasteiger partial charge in [-0.25, -0.2) is 0 Å². The van der Waals surface area contributed by atoms with Gasteiger partial charge in [0, 0.05) is 27.4 Å². The number of thioether (sulfide) groups is 1.